The van der Waals surface area contributed by atoms with Crippen molar-refractivity contribution < 1.29 is 18.7 Å². The topological polar surface area (TPSA) is 55.2 Å². The Labute approximate surface area is 136 Å². The van der Waals surface area contributed by atoms with Crippen LogP contribution < -0.4 is 0 Å². The predicted molar refractivity (Wildman–Crippen MR) is 83.3 cm³/mol. The molecule has 23 heavy (non-hydrogen) atoms. The zero-order valence-corrected chi connectivity index (χ0v) is 13.4. The fourth-order valence-electron chi connectivity index (χ4n) is 3.81. The molecule has 0 aliphatic carbocycles. The molecule has 3 saturated heterocycles. The number of rotatable bonds is 3. The second-order valence-corrected chi connectivity index (χ2v) is 6.95. The lowest BCUT2D eigenvalue weighted by Crippen LogP contribution is -2.66. The third-order valence-corrected chi connectivity index (χ3v) is 5.23. The summed E-state index contributed by atoms with van der Waals surface area (Å²) in [5.41, 5.74) is -0.107. The summed E-state index contributed by atoms with van der Waals surface area (Å²) in [6.07, 6.45) is 3.76. The highest BCUT2D eigenvalue weighted by Crippen LogP contribution is 2.37. The minimum Gasteiger partial charge on any atom is -0.459 e. The number of carbonyl (C=O) groups is 1. The van der Waals surface area contributed by atoms with Crippen molar-refractivity contribution in [2.75, 3.05) is 52.5 Å². The minimum atomic E-state index is -0.107. The molecule has 0 bridgehead atoms. The average Bonchev–Trinajstić information content (AvgIpc) is 3.08. The van der Waals surface area contributed by atoms with Crippen LogP contribution in [0, 0.1) is 5.92 Å². The van der Waals surface area contributed by atoms with Gasteiger partial charge in [-0.3, -0.25) is 9.69 Å². The molecule has 6 heteroatoms. The molecule has 126 valence electrons. The summed E-state index contributed by atoms with van der Waals surface area (Å²) in [6, 6.07) is 3.46. The summed E-state index contributed by atoms with van der Waals surface area (Å²) in [4.78, 5) is 16.5. The Morgan fingerprint density at radius 1 is 1.30 bits per heavy atom. The molecule has 6 nitrogen and oxygen atoms in total. The van der Waals surface area contributed by atoms with Gasteiger partial charge in [0.1, 0.15) is 5.60 Å². The molecule has 0 aromatic carbocycles. The Hall–Kier alpha value is -1.37. The minimum absolute atomic E-state index is 0.0281. The maximum absolute atomic E-state index is 12.2. The van der Waals surface area contributed by atoms with Gasteiger partial charge in [0, 0.05) is 19.6 Å². The van der Waals surface area contributed by atoms with Crippen molar-refractivity contribution in [1.82, 2.24) is 9.80 Å². The summed E-state index contributed by atoms with van der Waals surface area (Å²) in [7, 11) is 0. The van der Waals surface area contributed by atoms with E-state index in [2.05, 4.69) is 4.90 Å². The van der Waals surface area contributed by atoms with Crippen molar-refractivity contribution in [3.05, 3.63) is 24.2 Å². The third kappa shape index (κ3) is 3.16. The molecule has 4 heterocycles. The highest BCUT2D eigenvalue weighted by atomic mass is 16.5. The van der Waals surface area contributed by atoms with E-state index < -0.39 is 0 Å². The van der Waals surface area contributed by atoms with Crippen molar-refractivity contribution in [2.24, 2.45) is 5.92 Å². The zero-order valence-electron chi connectivity index (χ0n) is 13.4. The molecule has 4 rings (SSSR count). The molecule has 1 aromatic heterocycles. The second-order valence-electron chi connectivity index (χ2n) is 6.95. The SMILES string of the molecule is O=C(c1ccco1)N1CC2(CC[C@H](CN3CCOCC3)CO2)C1. The van der Waals surface area contributed by atoms with Gasteiger partial charge >= 0.3 is 0 Å². The molecular weight excluding hydrogens is 296 g/mol. The Morgan fingerprint density at radius 2 is 2.13 bits per heavy atom. The second kappa shape index (κ2) is 6.26. The highest BCUT2D eigenvalue weighted by Gasteiger charge is 2.49. The standard InChI is InChI=1S/C17H24N2O4/c20-16(15-2-1-7-22-15)19-12-17(13-19)4-3-14(11-23-17)10-18-5-8-21-9-6-18/h1-2,7,14H,3-6,8-13H2/t14-/m1/s1. The number of likely N-dealkylation sites (tertiary alicyclic amines) is 1. The van der Waals surface area contributed by atoms with Crippen LogP contribution in [0.4, 0.5) is 0 Å². The van der Waals surface area contributed by atoms with E-state index in [-0.39, 0.29) is 11.5 Å². The van der Waals surface area contributed by atoms with Crippen LogP contribution in [0.15, 0.2) is 22.8 Å². The number of morpholine rings is 1. The van der Waals surface area contributed by atoms with Crippen LogP contribution in [0.25, 0.3) is 0 Å². The lowest BCUT2D eigenvalue weighted by Gasteiger charge is -2.52. The van der Waals surface area contributed by atoms with Gasteiger partial charge in [-0.2, -0.15) is 0 Å². The van der Waals surface area contributed by atoms with E-state index in [1.54, 1.807) is 12.1 Å². The molecule has 0 radical (unpaired) electrons. The predicted octanol–water partition coefficient (Wildman–Crippen LogP) is 1.23. The van der Waals surface area contributed by atoms with Gasteiger partial charge in [0.05, 0.1) is 39.2 Å². The molecule has 1 amide bonds. The molecule has 1 aromatic rings. The first-order valence-corrected chi connectivity index (χ1v) is 8.51. The average molecular weight is 320 g/mol. The van der Waals surface area contributed by atoms with E-state index in [0.717, 1.165) is 45.9 Å². The van der Waals surface area contributed by atoms with Gasteiger partial charge in [0.15, 0.2) is 5.76 Å². The zero-order chi connectivity index (χ0) is 15.7. The molecule has 0 N–H and O–H groups in total. The number of hydrogen-bond acceptors (Lipinski definition) is 5. The molecule has 3 fully saturated rings. The smallest absolute Gasteiger partial charge is 0.289 e. The summed E-state index contributed by atoms with van der Waals surface area (Å²) in [5, 5.41) is 0. The number of carbonyl (C=O) groups excluding carboxylic acids is 1. The molecule has 0 unspecified atom stereocenters. The molecule has 3 aliphatic heterocycles. The van der Waals surface area contributed by atoms with E-state index >= 15 is 0 Å². The van der Waals surface area contributed by atoms with E-state index in [0.29, 0.717) is 24.8 Å². The van der Waals surface area contributed by atoms with Gasteiger partial charge < -0.3 is 18.8 Å². The van der Waals surface area contributed by atoms with Gasteiger partial charge in [0.25, 0.3) is 5.91 Å². The maximum Gasteiger partial charge on any atom is 0.289 e. The van der Waals surface area contributed by atoms with Crippen molar-refractivity contribution in [3.63, 3.8) is 0 Å². The van der Waals surface area contributed by atoms with Crippen LogP contribution in [0.3, 0.4) is 0 Å². The lowest BCUT2D eigenvalue weighted by atomic mass is 9.82. The quantitative estimate of drug-likeness (QED) is 0.838. The number of nitrogens with zero attached hydrogens (tertiary/aromatic N) is 2. The van der Waals surface area contributed by atoms with Crippen LogP contribution in [0.1, 0.15) is 23.4 Å². The third-order valence-electron chi connectivity index (χ3n) is 5.23. The van der Waals surface area contributed by atoms with Crippen LogP contribution in [-0.4, -0.2) is 73.9 Å². The van der Waals surface area contributed by atoms with Gasteiger partial charge in [-0.25, -0.2) is 0 Å². The largest absolute Gasteiger partial charge is 0.459 e. The van der Waals surface area contributed by atoms with E-state index in [1.807, 2.05) is 4.90 Å². The first-order valence-electron chi connectivity index (χ1n) is 8.51. The fourth-order valence-corrected chi connectivity index (χ4v) is 3.81. The van der Waals surface area contributed by atoms with Gasteiger partial charge in [-0.05, 0) is 30.9 Å². The van der Waals surface area contributed by atoms with Crippen LogP contribution >= 0.6 is 0 Å². The number of hydrogen-bond donors (Lipinski definition) is 0. The Bertz CT molecular complexity index is 523. The lowest BCUT2D eigenvalue weighted by molar-refractivity contribution is -0.169. The van der Waals surface area contributed by atoms with E-state index in [4.69, 9.17) is 13.9 Å². The summed E-state index contributed by atoms with van der Waals surface area (Å²) >= 11 is 0. The molecule has 3 aliphatic rings. The van der Waals surface area contributed by atoms with Gasteiger partial charge in [-0.1, -0.05) is 0 Å². The molecule has 1 spiro atoms. The summed E-state index contributed by atoms with van der Waals surface area (Å²) in [5.74, 6) is 0.995. The van der Waals surface area contributed by atoms with Crippen LogP contribution in [0.5, 0.6) is 0 Å². The molecule has 0 saturated carbocycles. The Morgan fingerprint density at radius 3 is 2.78 bits per heavy atom. The van der Waals surface area contributed by atoms with Crippen molar-refractivity contribution in [1.29, 1.82) is 0 Å². The fraction of sp³-hybridized carbons (Fsp3) is 0.706. The number of furan rings is 1. The number of ether oxygens (including phenoxy) is 2. The van der Waals surface area contributed by atoms with Crippen molar-refractivity contribution >= 4 is 5.91 Å². The van der Waals surface area contributed by atoms with Crippen molar-refractivity contribution in [3.8, 4) is 0 Å². The Balaban J connectivity index is 1.24. The first kappa shape index (κ1) is 15.2. The summed E-state index contributed by atoms with van der Waals surface area (Å²) in [6.45, 7) is 7.06. The first-order chi connectivity index (χ1) is 11.2. The monoisotopic (exact) mass is 320 g/mol. The number of amides is 1. The van der Waals surface area contributed by atoms with E-state index in [9.17, 15) is 4.79 Å². The van der Waals surface area contributed by atoms with Gasteiger partial charge in [0.2, 0.25) is 0 Å². The highest BCUT2D eigenvalue weighted by molar-refractivity contribution is 5.92. The van der Waals surface area contributed by atoms with Crippen LogP contribution in [0.2, 0.25) is 0 Å². The maximum atomic E-state index is 12.2. The van der Waals surface area contributed by atoms with E-state index in [1.165, 1.54) is 12.7 Å². The van der Waals surface area contributed by atoms with Gasteiger partial charge in [-0.15, -0.1) is 0 Å². The summed E-state index contributed by atoms with van der Waals surface area (Å²) < 4.78 is 16.7. The van der Waals surface area contributed by atoms with Crippen molar-refractivity contribution in [2.45, 2.75) is 18.4 Å². The molecular formula is C17H24N2O4. The molecule has 1 atom stereocenters. The van der Waals surface area contributed by atoms with Crippen LogP contribution in [-0.2, 0) is 9.47 Å². The normalized spacial score (nSPS) is 27.8. The Kier molecular flexibility index (Phi) is 4.13.